The van der Waals surface area contributed by atoms with E-state index in [1.54, 1.807) is 30.3 Å². The van der Waals surface area contributed by atoms with Crippen LogP contribution >= 0.6 is 0 Å². The molecule has 1 aliphatic carbocycles. The summed E-state index contributed by atoms with van der Waals surface area (Å²) in [6, 6.07) is 11.8. The van der Waals surface area contributed by atoms with Crippen molar-refractivity contribution in [1.82, 2.24) is 9.62 Å². The molecule has 2 heterocycles. The Morgan fingerprint density at radius 1 is 0.923 bits per heavy atom. The van der Waals surface area contributed by atoms with E-state index in [2.05, 4.69) is 14.9 Å². The van der Waals surface area contributed by atoms with Gasteiger partial charge in [0.1, 0.15) is 10.7 Å². The predicted octanol–water partition coefficient (Wildman–Crippen LogP) is 2.89. The third-order valence-corrected chi connectivity index (χ3v) is 9.37. The summed E-state index contributed by atoms with van der Waals surface area (Å²) >= 11 is 0. The number of amides is 1. The average molecular weight is 560 g/mol. The minimum Gasteiger partial charge on any atom is -0.379 e. The Balaban J connectivity index is 1.33. The zero-order valence-corrected chi connectivity index (χ0v) is 23.1. The monoisotopic (exact) mass is 559 g/mol. The van der Waals surface area contributed by atoms with Gasteiger partial charge in [-0.15, -0.1) is 0 Å². The minimum absolute atomic E-state index is 0.0251. The molecular formula is C28H38FN5O4S. The highest BCUT2D eigenvalue weighted by molar-refractivity contribution is 7.89. The van der Waals surface area contributed by atoms with Gasteiger partial charge in [0.25, 0.3) is 0 Å². The van der Waals surface area contributed by atoms with Crippen LogP contribution in [0.1, 0.15) is 25.7 Å². The fourth-order valence-corrected chi connectivity index (χ4v) is 6.91. The number of hydrogen-bond donors (Lipinski definition) is 2. The van der Waals surface area contributed by atoms with Gasteiger partial charge in [0.05, 0.1) is 24.6 Å². The number of nitrogens with zero attached hydrogens (tertiary/aromatic N) is 3. The van der Waals surface area contributed by atoms with E-state index in [1.807, 2.05) is 15.9 Å². The third-order valence-electron chi connectivity index (χ3n) is 7.88. The number of sulfonamides is 1. The van der Waals surface area contributed by atoms with Gasteiger partial charge < -0.3 is 19.9 Å². The number of morpholine rings is 1. The summed E-state index contributed by atoms with van der Waals surface area (Å²) in [4.78, 5) is 19.1. The van der Waals surface area contributed by atoms with E-state index in [1.165, 1.54) is 6.07 Å². The molecule has 3 fully saturated rings. The standard InChI is InChI=1S/C28H38FN5O4S/c29-24-7-3-4-8-25(24)33-13-15-34(16-14-33)26-10-9-23(31-28(35)22-5-1-2-6-22)21-27(26)39(36,37)30-11-12-32-17-19-38-20-18-32/h3-4,7-10,21-22,30H,1-2,5-6,11-20H2,(H,31,35). The number of halogens is 1. The summed E-state index contributed by atoms with van der Waals surface area (Å²) in [5.41, 5.74) is 1.62. The minimum atomic E-state index is -3.87. The topological polar surface area (TPSA) is 94.2 Å². The molecule has 2 aromatic rings. The molecule has 1 amide bonds. The molecule has 3 aliphatic rings. The van der Waals surface area contributed by atoms with Crippen molar-refractivity contribution in [3.63, 3.8) is 0 Å². The summed E-state index contributed by atoms with van der Waals surface area (Å²) < 4.78 is 49.7. The molecule has 2 aromatic carbocycles. The van der Waals surface area contributed by atoms with Crippen LogP contribution in [0.3, 0.4) is 0 Å². The van der Waals surface area contributed by atoms with Gasteiger partial charge in [-0.3, -0.25) is 9.69 Å². The molecule has 9 nitrogen and oxygen atoms in total. The zero-order valence-electron chi connectivity index (χ0n) is 22.3. The van der Waals surface area contributed by atoms with Crippen molar-refractivity contribution < 1.29 is 22.3 Å². The number of carbonyl (C=O) groups excluding carboxylic acids is 1. The molecule has 2 saturated heterocycles. The first-order chi connectivity index (χ1) is 18.9. The largest absolute Gasteiger partial charge is 0.379 e. The maximum Gasteiger partial charge on any atom is 0.242 e. The number of carbonyl (C=O) groups is 1. The molecular weight excluding hydrogens is 521 g/mol. The lowest BCUT2D eigenvalue weighted by Gasteiger charge is -2.38. The number of benzene rings is 2. The summed E-state index contributed by atoms with van der Waals surface area (Å²) in [5.74, 6) is -0.341. The van der Waals surface area contributed by atoms with Crippen molar-refractivity contribution in [2.75, 3.05) is 80.7 Å². The van der Waals surface area contributed by atoms with Gasteiger partial charge in [-0.2, -0.15) is 0 Å². The van der Waals surface area contributed by atoms with Crippen LogP contribution in [-0.4, -0.2) is 84.8 Å². The van der Waals surface area contributed by atoms with E-state index < -0.39 is 10.0 Å². The summed E-state index contributed by atoms with van der Waals surface area (Å²) in [6.45, 7) is 5.94. The molecule has 0 unspecified atom stereocenters. The van der Waals surface area contributed by atoms with Crippen LogP contribution in [0.5, 0.6) is 0 Å². The third kappa shape index (κ3) is 6.89. The highest BCUT2D eigenvalue weighted by Gasteiger charge is 2.28. The van der Waals surface area contributed by atoms with E-state index in [0.717, 1.165) is 38.8 Å². The van der Waals surface area contributed by atoms with Crippen LogP contribution in [0, 0.1) is 11.7 Å². The highest BCUT2D eigenvalue weighted by atomic mass is 32.2. The predicted molar refractivity (Wildman–Crippen MR) is 150 cm³/mol. The molecule has 2 N–H and O–H groups in total. The number of para-hydroxylation sites is 1. The molecule has 11 heteroatoms. The molecule has 0 radical (unpaired) electrons. The van der Waals surface area contributed by atoms with E-state index in [0.29, 0.717) is 63.0 Å². The summed E-state index contributed by atoms with van der Waals surface area (Å²) in [5, 5.41) is 2.95. The van der Waals surface area contributed by atoms with Crippen molar-refractivity contribution >= 4 is 33.0 Å². The second-order valence-corrected chi connectivity index (χ2v) is 12.2. The normalized spacial score (nSPS) is 19.4. The lowest BCUT2D eigenvalue weighted by Crippen LogP contribution is -2.47. The summed E-state index contributed by atoms with van der Waals surface area (Å²) in [7, 11) is -3.87. The van der Waals surface area contributed by atoms with E-state index >= 15 is 0 Å². The second kappa shape index (κ2) is 12.6. The van der Waals surface area contributed by atoms with Crippen LogP contribution in [0.4, 0.5) is 21.5 Å². The Labute approximate surface area is 230 Å². The van der Waals surface area contributed by atoms with Gasteiger partial charge in [-0.1, -0.05) is 25.0 Å². The molecule has 2 aliphatic heterocycles. The van der Waals surface area contributed by atoms with Crippen molar-refractivity contribution in [3.8, 4) is 0 Å². The fourth-order valence-electron chi connectivity index (χ4n) is 5.64. The molecule has 212 valence electrons. The van der Waals surface area contributed by atoms with Crippen molar-refractivity contribution in [2.24, 2.45) is 5.92 Å². The molecule has 0 spiro atoms. The van der Waals surface area contributed by atoms with Crippen LogP contribution in [0.15, 0.2) is 47.4 Å². The molecule has 5 rings (SSSR count). The van der Waals surface area contributed by atoms with Gasteiger partial charge in [-0.05, 0) is 43.2 Å². The first-order valence-corrected chi connectivity index (χ1v) is 15.4. The van der Waals surface area contributed by atoms with Crippen LogP contribution in [-0.2, 0) is 19.6 Å². The number of piperazine rings is 1. The van der Waals surface area contributed by atoms with Crippen molar-refractivity contribution in [3.05, 3.63) is 48.3 Å². The first-order valence-electron chi connectivity index (χ1n) is 13.9. The fraction of sp³-hybridized carbons (Fsp3) is 0.536. The van der Waals surface area contributed by atoms with E-state index in [9.17, 15) is 17.6 Å². The smallest absolute Gasteiger partial charge is 0.242 e. The average Bonchev–Trinajstić information content (AvgIpc) is 3.50. The van der Waals surface area contributed by atoms with Gasteiger partial charge in [0.15, 0.2) is 0 Å². The SMILES string of the molecule is O=C(Nc1ccc(N2CCN(c3ccccc3F)CC2)c(S(=O)(=O)NCCN2CCOCC2)c1)C1CCCC1. The van der Waals surface area contributed by atoms with E-state index in [4.69, 9.17) is 4.74 Å². The van der Waals surface area contributed by atoms with Gasteiger partial charge in [0.2, 0.25) is 15.9 Å². The zero-order chi connectivity index (χ0) is 27.2. The lowest BCUT2D eigenvalue weighted by atomic mass is 10.1. The molecule has 39 heavy (non-hydrogen) atoms. The second-order valence-electron chi connectivity index (χ2n) is 10.4. The number of anilines is 3. The maximum absolute atomic E-state index is 14.3. The number of rotatable bonds is 9. The summed E-state index contributed by atoms with van der Waals surface area (Å²) in [6.07, 6.45) is 3.82. The van der Waals surface area contributed by atoms with E-state index in [-0.39, 0.29) is 29.1 Å². The van der Waals surface area contributed by atoms with Crippen LogP contribution in [0.25, 0.3) is 0 Å². The van der Waals surface area contributed by atoms with Gasteiger partial charge in [-0.25, -0.2) is 17.5 Å². The number of nitrogens with one attached hydrogen (secondary N) is 2. The molecule has 1 saturated carbocycles. The highest BCUT2D eigenvalue weighted by Crippen LogP contribution is 2.32. The van der Waals surface area contributed by atoms with Crippen molar-refractivity contribution in [1.29, 1.82) is 0 Å². The Hall–Kier alpha value is -2.73. The molecule has 0 atom stereocenters. The van der Waals surface area contributed by atoms with Crippen LogP contribution in [0.2, 0.25) is 0 Å². The lowest BCUT2D eigenvalue weighted by molar-refractivity contribution is -0.119. The number of ether oxygens (including phenoxy) is 1. The van der Waals surface area contributed by atoms with Crippen molar-refractivity contribution in [2.45, 2.75) is 30.6 Å². The number of hydrogen-bond acceptors (Lipinski definition) is 7. The Morgan fingerprint density at radius 2 is 1.59 bits per heavy atom. The molecule has 0 aromatic heterocycles. The first kappa shape index (κ1) is 27.8. The Morgan fingerprint density at radius 3 is 2.28 bits per heavy atom. The Bertz CT molecular complexity index is 1240. The molecule has 0 bridgehead atoms. The van der Waals surface area contributed by atoms with Gasteiger partial charge in [0, 0.05) is 64.0 Å². The maximum atomic E-state index is 14.3. The Kier molecular flexibility index (Phi) is 9.01. The van der Waals surface area contributed by atoms with Gasteiger partial charge >= 0.3 is 0 Å². The van der Waals surface area contributed by atoms with Crippen LogP contribution < -0.4 is 19.8 Å². The quantitative estimate of drug-likeness (QED) is 0.488.